The molecule has 1 aromatic carbocycles. The monoisotopic (exact) mass is 323 g/mol. The molecule has 0 atom stereocenters. The zero-order valence-electron chi connectivity index (χ0n) is 9.96. The van der Waals surface area contributed by atoms with Gasteiger partial charge in [0.05, 0.1) is 4.92 Å². The predicted octanol–water partition coefficient (Wildman–Crippen LogP) is 2.95. The average Bonchev–Trinajstić information content (AvgIpc) is 2.69. The van der Waals surface area contributed by atoms with E-state index >= 15 is 0 Å². The van der Waals surface area contributed by atoms with Crippen LogP contribution in [0.5, 0.6) is 0 Å². The van der Waals surface area contributed by atoms with Gasteiger partial charge in [-0.3, -0.25) is 14.9 Å². The quantitative estimate of drug-likeness (QED) is 0.696. The molecule has 0 radical (unpaired) electrons. The van der Waals surface area contributed by atoms with E-state index in [1.54, 1.807) is 36.0 Å². The van der Waals surface area contributed by atoms with Gasteiger partial charge in [-0.15, -0.1) is 0 Å². The van der Waals surface area contributed by atoms with Crippen molar-refractivity contribution in [1.82, 2.24) is 4.57 Å². The third kappa shape index (κ3) is 2.82. The maximum Gasteiger partial charge on any atom is 0.292 e. The van der Waals surface area contributed by atoms with E-state index in [0.717, 1.165) is 4.47 Å². The van der Waals surface area contributed by atoms with Crippen LogP contribution in [0.4, 0.5) is 11.4 Å². The van der Waals surface area contributed by atoms with E-state index in [-0.39, 0.29) is 11.4 Å². The summed E-state index contributed by atoms with van der Waals surface area (Å²) in [5.41, 5.74) is 0.448. The van der Waals surface area contributed by atoms with Gasteiger partial charge in [0.2, 0.25) is 0 Å². The number of aromatic nitrogens is 1. The minimum Gasteiger partial charge on any atom is -0.345 e. The lowest BCUT2D eigenvalue weighted by molar-refractivity contribution is -0.383. The number of aryl methyl sites for hydroxylation is 1. The molecule has 2 aromatic rings. The number of nitrogens with one attached hydrogen (secondary N) is 1. The van der Waals surface area contributed by atoms with Crippen LogP contribution in [0.3, 0.4) is 0 Å². The van der Waals surface area contributed by atoms with Crippen LogP contribution >= 0.6 is 15.9 Å². The predicted molar refractivity (Wildman–Crippen MR) is 74.2 cm³/mol. The average molecular weight is 324 g/mol. The van der Waals surface area contributed by atoms with Crippen LogP contribution < -0.4 is 5.32 Å². The lowest BCUT2D eigenvalue weighted by Crippen LogP contribution is -2.16. The van der Waals surface area contributed by atoms with Crippen molar-refractivity contribution in [1.29, 1.82) is 0 Å². The van der Waals surface area contributed by atoms with Crippen molar-refractivity contribution >= 4 is 33.2 Å². The number of anilines is 1. The van der Waals surface area contributed by atoms with Crippen LogP contribution in [0, 0.1) is 10.1 Å². The molecule has 0 aliphatic carbocycles. The minimum atomic E-state index is -0.531. The summed E-state index contributed by atoms with van der Waals surface area (Å²) in [6, 6.07) is 7.66. The molecule has 6 nitrogen and oxygen atoms in total. The van der Waals surface area contributed by atoms with Crippen molar-refractivity contribution in [3.8, 4) is 0 Å². The summed E-state index contributed by atoms with van der Waals surface area (Å²) < 4.78 is 2.40. The van der Waals surface area contributed by atoms with Gasteiger partial charge < -0.3 is 9.88 Å². The standard InChI is InChI=1S/C12H10BrN3O3/c1-15-7-8(13)6-11(15)12(17)14-9-4-2-3-5-10(9)16(18)19/h2-7H,1H3,(H,14,17). The van der Waals surface area contributed by atoms with Crippen molar-refractivity contribution in [3.63, 3.8) is 0 Å². The van der Waals surface area contributed by atoms with Crippen molar-refractivity contribution in [2.45, 2.75) is 0 Å². The lowest BCUT2D eigenvalue weighted by Gasteiger charge is -2.06. The van der Waals surface area contributed by atoms with Gasteiger partial charge in [-0.2, -0.15) is 0 Å². The van der Waals surface area contributed by atoms with Gasteiger partial charge in [0.25, 0.3) is 11.6 Å². The van der Waals surface area contributed by atoms with Crippen molar-refractivity contribution < 1.29 is 9.72 Å². The summed E-state index contributed by atoms with van der Waals surface area (Å²) in [6.07, 6.45) is 1.73. The maximum absolute atomic E-state index is 12.0. The highest BCUT2D eigenvalue weighted by atomic mass is 79.9. The molecule has 19 heavy (non-hydrogen) atoms. The lowest BCUT2D eigenvalue weighted by atomic mass is 10.2. The fourth-order valence-corrected chi connectivity index (χ4v) is 2.20. The number of para-hydroxylation sites is 2. The highest BCUT2D eigenvalue weighted by Gasteiger charge is 2.17. The zero-order valence-corrected chi connectivity index (χ0v) is 11.5. The molecule has 0 spiro atoms. The molecule has 0 saturated heterocycles. The summed E-state index contributed by atoms with van der Waals surface area (Å²) in [7, 11) is 1.72. The Balaban J connectivity index is 2.29. The van der Waals surface area contributed by atoms with Crippen LogP contribution in [0.15, 0.2) is 41.0 Å². The summed E-state index contributed by atoms with van der Waals surface area (Å²) in [5.74, 6) is -0.400. The highest BCUT2D eigenvalue weighted by molar-refractivity contribution is 9.10. The van der Waals surface area contributed by atoms with E-state index in [1.165, 1.54) is 12.1 Å². The first kappa shape index (κ1) is 13.3. The topological polar surface area (TPSA) is 77.2 Å². The molecule has 0 aliphatic rings. The SMILES string of the molecule is Cn1cc(Br)cc1C(=O)Nc1ccccc1[N+](=O)[O-]. The van der Waals surface area contributed by atoms with E-state index in [1.807, 2.05) is 0 Å². The number of hydrogen-bond donors (Lipinski definition) is 1. The molecule has 0 aliphatic heterocycles. The Labute approximate surface area is 117 Å². The Hall–Kier alpha value is -2.15. The summed E-state index contributed by atoms with van der Waals surface area (Å²) >= 11 is 3.27. The van der Waals surface area contributed by atoms with E-state index in [2.05, 4.69) is 21.2 Å². The van der Waals surface area contributed by atoms with Crippen molar-refractivity contribution in [2.75, 3.05) is 5.32 Å². The molecule has 98 valence electrons. The number of carbonyl (C=O) groups excluding carboxylic acids is 1. The fourth-order valence-electron chi connectivity index (χ4n) is 1.67. The van der Waals surface area contributed by atoms with Gasteiger partial charge in [-0.1, -0.05) is 12.1 Å². The van der Waals surface area contributed by atoms with Crippen LogP contribution in [0.2, 0.25) is 0 Å². The molecule has 1 aromatic heterocycles. The third-order valence-electron chi connectivity index (χ3n) is 2.55. The molecule has 0 bridgehead atoms. The second-order valence-electron chi connectivity index (χ2n) is 3.88. The normalized spacial score (nSPS) is 10.2. The minimum absolute atomic E-state index is 0.135. The molecule has 2 rings (SSSR count). The third-order valence-corrected chi connectivity index (χ3v) is 2.99. The molecule has 0 fully saturated rings. The number of amides is 1. The summed E-state index contributed by atoms with van der Waals surface area (Å²) in [4.78, 5) is 22.4. The highest BCUT2D eigenvalue weighted by Crippen LogP contribution is 2.24. The Morgan fingerprint density at radius 3 is 2.68 bits per heavy atom. The van der Waals surface area contributed by atoms with Crippen LogP contribution in [-0.2, 0) is 7.05 Å². The Kier molecular flexibility index (Phi) is 3.66. The number of carbonyl (C=O) groups is 1. The number of hydrogen-bond acceptors (Lipinski definition) is 3. The van der Waals surface area contributed by atoms with Gasteiger partial charge in [-0.25, -0.2) is 0 Å². The number of nitrogens with zero attached hydrogens (tertiary/aromatic N) is 2. The summed E-state index contributed by atoms with van der Waals surface area (Å²) in [6.45, 7) is 0. The number of benzene rings is 1. The Morgan fingerprint density at radius 2 is 2.11 bits per heavy atom. The van der Waals surface area contributed by atoms with Crippen LogP contribution in [0.1, 0.15) is 10.5 Å². The number of nitro benzene ring substituents is 1. The molecule has 1 heterocycles. The Morgan fingerprint density at radius 1 is 1.42 bits per heavy atom. The van der Waals surface area contributed by atoms with Gasteiger partial charge >= 0.3 is 0 Å². The number of halogens is 1. The smallest absolute Gasteiger partial charge is 0.292 e. The Bertz CT molecular complexity index is 651. The first-order valence-electron chi connectivity index (χ1n) is 5.35. The van der Waals surface area contributed by atoms with E-state index in [0.29, 0.717) is 5.69 Å². The zero-order chi connectivity index (χ0) is 14.0. The largest absolute Gasteiger partial charge is 0.345 e. The molecule has 7 heteroatoms. The first-order chi connectivity index (χ1) is 8.99. The second kappa shape index (κ2) is 5.23. The fraction of sp³-hybridized carbons (Fsp3) is 0.0833. The summed E-state index contributed by atoms with van der Waals surface area (Å²) in [5, 5.41) is 13.4. The van der Waals surface area contributed by atoms with Gasteiger partial charge in [0.15, 0.2) is 0 Å². The second-order valence-corrected chi connectivity index (χ2v) is 4.80. The molecule has 0 unspecified atom stereocenters. The van der Waals surface area contributed by atoms with Crippen molar-refractivity contribution in [2.24, 2.45) is 7.05 Å². The number of nitro groups is 1. The van der Waals surface area contributed by atoms with Gasteiger partial charge in [-0.05, 0) is 28.1 Å². The molecule has 0 saturated carbocycles. The number of rotatable bonds is 3. The molecule has 1 N–H and O–H groups in total. The van der Waals surface area contributed by atoms with Crippen molar-refractivity contribution in [3.05, 3.63) is 56.8 Å². The van der Waals surface area contributed by atoms with Gasteiger partial charge in [0, 0.05) is 23.8 Å². The molecular formula is C12H10BrN3O3. The van der Waals surface area contributed by atoms with Crippen LogP contribution in [0.25, 0.3) is 0 Å². The molecular weight excluding hydrogens is 314 g/mol. The van der Waals surface area contributed by atoms with E-state index in [4.69, 9.17) is 0 Å². The van der Waals surface area contributed by atoms with Gasteiger partial charge in [0.1, 0.15) is 11.4 Å². The molecule has 1 amide bonds. The van der Waals surface area contributed by atoms with E-state index in [9.17, 15) is 14.9 Å². The van der Waals surface area contributed by atoms with Crippen LogP contribution in [-0.4, -0.2) is 15.4 Å². The first-order valence-corrected chi connectivity index (χ1v) is 6.15. The maximum atomic E-state index is 12.0. The van der Waals surface area contributed by atoms with E-state index < -0.39 is 10.8 Å².